The highest BCUT2D eigenvalue weighted by Crippen LogP contribution is 2.26. The topological polar surface area (TPSA) is 58.6 Å². The average molecular weight is 477 g/mol. The highest BCUT2D eigenvalue weighted by atomic mass is 35.5. The molecule has 1 atom stereocenters. The van der Waals surface area contributed by atoms with Gasteiger partial charge in [0.05, 0.1) is 13.5 Å². The molecule has 0 radical (unpaired) electrons. The Morgan fingerprint density at radius 2 is 1.72 bits per heavy atom. The van der Waals surface area contributed by atoms with Gasteiger partial charge in [0.15, 0.2) is 0 Å². The summed E-state index contributed by atoms with van der Waals surface area (Å²) in [4.78, 5) is 28.3. The van der Waals surface area contributed by atoms with Gasteiger partial charge in [0, 0.05) is 22.6 Å². The third kappa shape index (κ3) is 6.17. The molecule has 5 nitrogen and oxygen atoms in total. The van der Waals surface area contributed by atoms with Crippen molar-refractivity contribution in [1.29, 1.82) is 0 Å². The first-order valence-electron chi connectivity index (χ1n) is 11.1. The molecule has 1 unspecified atom stereocenters. The van der Waals surface area contributed by atoms with Crippen LogP contribution in [0.5, 0.6) is 5.75 Å². The highest BCUT2D eigenvalue weighted by molar-refractivity contribution is 6.36. The number of hydrogen-bond donors (Lipinski definition) is 1. The van der Waals surface area contributed by atoms with E-state index < -0.39 is 6.04 Å². The predicted octanol–water partition coefficient (Wildman–Crippen LogP) is 5.41. The number of nitrogens with one attached hydrogen (secondary N) is 1. The van der Waals surface area contributed by atoms with Gasteiger partial charge in [-0.15, -0.1) is 0 Å². The fourth-order valence-electron chi connectivity index (χ4n) is 4.17. The second-order valence-electron chi connectivity index (χ2n) is 8.16. The van der Waals surface area contributed by atoms with Crippen LogP contribution in [0.15, 0.2) is 42.5 Å². The van der Waals surface area contributed by atoms with E-state index in [1.54, 1.807) is 30.2 Å². The number of nitrogens with zero attached hydrogens (tertiary/aromatic N) is 1. The average Bonchev–Trinajstić information content (AvgIpc) is 3.29. The minimum absolute atomic E-state index is 0.0296. The molecule has 0 bridgehead atoms. The lowest BCUT2D eigenvalue weighted by molar-refractivity contribution is -0.141. The van der Waals surface area contributed by atoms with Crippen LogP contribution in [0.3, 0.4) is 0 Å². The van der Waals surface area contributed by atoms with Crippen LogP contribution in [0, 0.1) is 0 Å². The number of halogens is 2. The molecule has 2 amide bonds. The zero-order valence-electron chi connectivity index (χ0n) is 18.6. The van der Waals surface area contributed by atoms with Gasteiger partial charge in [-0.2, -0.15) is 0 Å². The second kappa shape index (κ2) is 11.6. The van der Waals surface area contributed by atoms with E-state index in [4.69, 9.17) is 27.9 Å². The number of methoxy groups -OCH3 is 1. The van der Waals surface area contributed by atoms with Crippen LogP contribution in [0.2, 0.25) is 10.0 Å². The quantitative estimate of drug-likeness (QED) is 0.526. The molecule has 2 aromatic rings. The predicted molar refractivity (Wildman–Crippen MR) is 128 cm³/mol. The molecule has 3 rings (SSSR count). The fourth-order valence-corrected chi connectivity index (χ4v) is 4.70. The van der Waals surface area contributed by atoms with E-state index in [2.05, 4.69) is 5.32 Å². The number of hydrogen-bond acceptors (Lipinski definition) is 3. The lowest BCUT2D eigenvalue weighted by Gasteiger charge is -2.32. The molecule has 0 saturated heterocycles. The molecule has 1 saturated carbocycles. The fraction of sp³-hybridized carbons (Fsp3) is 0.440. The summed E-state index contributed by atoms with van der Waals surface area (Å²) in [6, 6.07) is 12.3. The summed E-state index contributed by atoms with van der Waals surface area (Å²) in [7, 11) is 1.61. The van der Waals surface area contributed by atoms with Crippen LogP contribution >= 0.6 is 23.2 Å². The third-order valence-electron chi connectivity index (χ3n) is 5.99. The molecule has 1 fully saturated rings. The molecule has 1 N–H and O–H groups in total. The standard InChI is InChI=1S/C25H30Cl2N2O3/c1-3-23(25(31)28-18-7-4-5-8-18)29(16-17-11-13-19(32-2)14-12-17)24(30)15-20-21(26)9-6-10-22(20)27/h6,9-14,18,23H,3-5,7-8,15-16H2,1-2H3,(H,28,31). The molecule has 7 heteroatoms. The lowest BCUT2D eigenvalue weighted by atomic mass is 10.1. The van der Waals surface area contributed by atoms with Gasteiger partial charge in [-0.25, -0.2) is 0 Å². The van der Waals surface area contributed by atoms with Crippen molar-refractivity contribution >= 4 is 35.0 Å². The van der Waals surface area contributed by atoms with Crippen molar-refractivity contribution < 1.29 is 14.3 Å². The van der Waals surface area contributed by atoms with Crippen LogP contribution in [0.25, 0.3) is 0 Å². The number of carbonyl (C=O) groups is 2. The molecule has 1 aliphatic carbocycles. The van der Waals surface area contributed by atoms with E-state index in [9.17, 15) is 9.59 Å². The van der Waals surface area contributed by atoms with Gasteiger partial charge in [-0.05, 0) is 54.7 Å². The van der Waals surface area contributed by atoms with Gasteiger partial charge in [0.2, 0.25) is 11.8 Å². The molecule has 0 heterocycles. The number of ether oxygens (including phenoxy) is 1. The van der Waals surface area contributed by atoms with Crippen molar-refractivity contribution in [2.75, 3.05) is 7.11 Å². The Kier molecular flexibility index (Phi) is 8.83. The first-order chi connectivity index (χ1) is 15.4. The number of benzene rings is 2. The highest BCUT2D eigenvalue weighted by Gasteiger charge is 2.31. The van der Waals surface area contributed by atoms with Gasteiger partial charge in [-0.3, -0.25) is 9.59 Å². The maximum Gasteiger partial charge on any atom is 0.243 e. The molecule has 2 aromatic carbocycles. The van der Waals surface area contributed by atoms with Crippen LogP contribution in [0.4, 0.5) is 0 Å². The maximum absolute atomic E-state index is 13.5. The third-order valence-corrected chi connectivity index (χ3v) is 6.70. The maximum atomic E-state index is 13.5. The van der Waals surface area contributed by atoms with E-state index >= 15 is 0 Å². The second-order valence-corrected chi connectivity index (χ2v) is 8.98. The normalized spacial score (nSPS) is 14.8. The van der Waals surface area contributed by atoms with E-state index in [0.717, 1.165) is 37.0 Å². The van der Waals surface area contributed by atoms with Crippen LogP contribution < -0.4 is 10.1 Å². The van der Waals surface area contributed by atoms with E-state index in [0.29, 0.717) is 28.6 Å². The van der Waals surface area contributed by atoms with Crippen molar-refractivity contribution in [3.8, 4) is 5.75 Å². The summed E-state index contributed by atoms with van der Waals surface area (Å²) < 4.78 is 5.23. The summed E-state index contributed by atoms with van der Waals surface area (Å²) >= 11 is 12.6. The first kappa shape index (κ1) is 24.4. The molecule has 0 aromatic heterocycles. The zero-order valence-corrected chi connectivity index (χ0v) is 20.1. The molecule has 32 heavy (non-hydrogen) atoms. The molecule has 1 aliphatic rings. The Bertz CT molecular complexity index is 907. The Morgan fingerprint density at radius 3 is 2.28 bits per heavy atom. The Balaban J connectivity index is 1.85. The van der Waals surface area contributed by atoms with Crippen LogP contribution in [-0.2, 0) is 22.6 Å². The summed E-state index contributed by atoms with van der Waals surface area (Å²) in [5, 5.41) is 4.04. The number of carbonyl (C=O) groups excluding carboxylic acids is 2. The summed E-state index contributed by atoms with van der Waals surface area (Å²) in [5.74, 6) is 0.441. The largest absolute Gasteiger partial charge is 0.497 e. The molecule has 172 valence electrons. The van der Waals surface area contributed by atoms with E-state index in [-0.39, 0.29) is 24.3 Å². The van der Waals surface area contributed by atoms with Gasteiger partial charge >= 0.3 is 0 Å². The van der Waals surface area contributed by atoms with Gasteiger partial charge in [0.25, 0.3) is 0 Å². The number of amides is 2. The van der Waals surface area contributed by atoms with Gasteiger partial charge < -0.3 is 15.0 Å². The summed E-state index contributed by atoms with van der Waals surface area (Å²) in [6.45, 7) is 2.23. The molecular weight excluding hydrogens is 447 g/mol. The van der Waals surface area contributed by atoms with Crippen molar-refractivity contribution in [2.24, 2.45) is 0 Å². The SMILES string of the molecule is CCC(C(=O)NC1CCCC1)N(Cc1ccc(OC)cc1)C(=O)Cc1c(Cl)cccc1Cl. The van der Waals surface area contributed by atoms with Crippen LogP contribution in [0.1, 0.15) is 50.2 Å². The van der Waals surface area contributed by atoms with Gasteiger partial charge in [-0.1, -0.05) is 61.2 Å². The van der Waals surface area contributed by atoms with Crippen molar-refractivity contribution in [2.45, 2.75) is 64.1 Å². The lowest BCUT2D eigenvalue weighted by Crippen LogP contribution is -2.51. The zero-order chi connectivity index (χ0) is 23.1. The van der Waals surface area contributed by atoms with Gasteiger partial charge in [0.1, 0.15) is 11.8 Å². The molecular formula is C25H30Cl2N2O3. The van der Waals surface area contributed by atoms with E-state index in [1.807, 2.05) is 31.2 Å². The first-order valence-corrected chi connectivity index (χ1v) is 11.8. The Morgan fingerprint density at radius 1 is 1.09 bits per heavy atom. The minimum atomic E-state index is -0.577. The summed E-state index contributed by atoms with van der Waals surface area (Å²) in [5.41, 5.74) is 1.49. The molecule has 0 spiro atoms. The van der Waals surface area contributed by atoms with E-state index in [1.165, 1.54) is 0 Å². The minimum Gasteiger partial charge on any atom is -0.497 e. The van der Waals surface area contributed by atoms with Crippen molar-refractivity contribution in [1.82, 2.24) is 10.2 Å². The monoisotopic (exact) mass is 476 g/mol. The Labute approximate surface area is 200 Å². The molecule has 0 aliphatic heterocycles. The van der Waals surface area contributed by atoms with Crippen LogP contribution in [-0.4, -0.2) is 35.9 Å². The smallest absolute Gasteiger partial charge is 0.243 e. The van der Waals surface area contributed by atoms with Crippen molar-refractivity contribution in [3.05, 3.63) is 63.6 Å². The Hall–Kier alpha value is -2.24. The number of rotatable bonds is 9. The van der Waals surface area contributed by atoms with Crippen molar-refractivity contribution in [3.63, 3.8) is 0 Å². The summed E-state index contributed by atoms with van der Waals surface area (Å²) in [6.07, 6.45) is 4.77.